The van der Waals surface area contributed by atoms with E-state index >= 15 is 0 Å². The molecule has 1 saturated heterocycles. The number of hydrogen-bond acceptors (Lipinski definition) is 8. The quantitative estimate of drug-likeness (QED) is 0.0466. The molecule has 0 aliphatic carbocycles. The number of anilines is 1. The van der Waals surface area contributed by atoms with Crippen molar-refractivity contribution in [3.63, 3.8) is 0 Å². The van der Waals surface area contributed by atoms with Gasteiger partial charge >= 0.3 is 5.91 Å². The molecule has 1 atom stereocenters. The van der Waals surface area contributed by atoms with E-state index in [0.29, 0.717) is 38.6 Å². The number of halogens is 3. The van der Waals surface area contributed by atoms with Crippen LogP contribution >= 0.6 is 46.3 Å². The lowest BCUT2D eigenvalue weighted by Crippen LogP contribution is -2.29. The summed E-state index contributed by atoms with van der Waals surface area (Å²) in [5, 5.41) is 20.5. The zero-order valence-corrected chi connectivity index (χ0v) is 25.4. The van der Waals surface area contributed by atoms with Gasteiger partial charge in [-0.25, -0.2) is 4.39 Å². The number of carbonyl (C=O) groups is 2. The Kier molecular flexibility index (Phi) is 9.47. The van der Waals surface area contributed by atoms with E-state index in [1.54, 1.807) is 54.6 Å². The number of thioether (sulfide) groups is 1. The Labute approximate surface area is 259 Å². The van der Waals surface area contributed by atoms with E-state index in [9.17, 15) is 19.1 Å². The highest BCUT2D eigenvalue weighted by molar-refractivity contribution is 8.00. The van der Waals surface area contributed by atoms with Gasteiger partial charge in [0.15, 0.2) is 4.34 Å². The third kappa shape index (κ3) is 6.47. The van der Waals surface area contributed by atoms with E-state index in [1.807, 2.05) is 0 Å². The molecule has 1 aliphatic heterocycles. The van der Waals surface area contributed by atoms with Crippen LogP contribution in [0.2, 0.25) is 10.0 Å². The van der Waals surface area contributed by atoms with Crippen LogP contribution in [0, 0.1) is 5.82 Å². The van der Waals surface area contributed by atoms with Crippen molar-refractivity contribution in [2.45, 2.75) is 35.9 Å². The molecular weight excluding hydrogens is 620 g/mol. The Hall–Kier alpha value is -3.44. The topological polar surface area (TPSA) is 92.6 Å². The molecule has 42 heavy (non-hydrogen) atoms. The maximum atomic E-state index is 13.5. The summed E-state index contributed by atoms with van der Waals surface area (Å²) in [5.74, 6) is -1.28. The number of rotatable bonds is 10. The standard InChI is InChI=1S/C30H24Cl2FN3O4S2/c1-2-3-14-40-21-11-6-18(7-12-21)26(37)24-25(19-8-13-22(31)23(32)15-19)36(28(39)27(24)38)29-34-35-30(42-29)41-16-17-4-9-20(33)10-5-17/h4-13,15,25,37H,2-3,14,16H2,1H3/b26-24-. The van der Waals surface area contributed by atoms with E-state index < -0.39 is 17.7 Å². The van der Waals surface area contributed by atoms with Crippen molar-refractivity contribution in [2.75, 3.05) is 11.5 Å². The van der Waals surface area contributed by atoms with Crippen molar-refractivity contribution < 1.29 is 23.8 Å². The first-order valence-corrected chi connectivity index (χ1v) is 15.5. The number of unbranched alkanes of at least 4 members (excludes halogenated alkanes) is 1. The number of aliphatic hydroxyl groups excluding tert-OH is 1. The molecule has 5 rings (SSSR count). The van der Waals surface area contributed by atoms with Gasteiger partial charge in [-0.2, -0.15) is 0 Å². The number of amides is 1. The van der Waals surface area contributed by atoms with Crippen molar-refractivity contribution in [2.24, 2.45) is 0 Å². The van der Waals surface area contributed by atoms with Gasteiger partial charge in [0.05, 0.1) is 28.3 Å². The molecule has 2 heterocycles. The van der Waals surface area contributed by atoms with Crippen LogP contribution in [0.1, 0.15) is 42.5 Å². The second-order valence-electron chi connectivity index (χ2n) is 9.33. The summed E-state index contributed by atoms with van der Waals surface area (Å²) in [6.45, 7) is 2.63. The number of aliphatic hydroxyl groups is 1. The van der Waals surface area contributed by atoms with Crippen LogP contribution in [0.25, 0.3) is 5.76 Å². The minimum atomic E-state index is -1.04. The molecule has 0 bridgehead atoms. The predicted molar refractivity (Wildman–Crippen MR) is 164 cm³/mol. The number of hydrogen-bond donors (Lipinski definition) is 1. The van der Waals surface area contributed by atoms with Crippen molar-refractivity contribution in [3.05, 3.63) is 105 Å². The normalized spacial score (nSPS) is 16.3. The predicted octanol–water partition coefficient (Wildman–Crippen LogP) is 8.08. The molecule has 3 aromatic carbocycles. The average Bonchev–Trinajstić information content (AvgIpc) is 3.56. The smallest absolute Gasteiger partial charge is 0.301 e. The van der Waals surface area contributed by atoms with Gasteiger partial charge in [0.1, 0.15) is 17.3 Å². The van der Waals surface area contributed by atoms with Gasteiger partial charge in [-0.1, -0.05) is 77.8 Å². The summed E-state index contributed by atoms with van der Waals surface area (Å²) in [6, 6.07) is 16.5. The number of ether oxygens (including phenoxy) is 1. The fraction of sp³-hybridized carbons (Fsp3) is 0.200. The molecule has 0 spiro atoms. The van der Waals surface area contributed by atoms with Crippen LogP contribution in [-0.4, -0.2) is 33.6 Å². The SMILES string of the molecule is CCCCOc1ccc(/C(O)=C2/C(=O)C(=O)N(c3nnc(SCc4ccc(F)cc4)s3)C2c2ccc(Cl)c(Cl)c2)cc1. The van der Waals surface area contributed by atoms with E-state index in [-0.39, 0.29) is 27.3 Å². The lowest BCUT2D eigenvalue weighted by atomic mass is 9.95. The summed E-state index contributed by atoms with van der Waals surface area (Å²) >= 11 is 15.0. The van der Waals surface area contributed by atoms with Crippen LogP contribution in [0.15, 0.2) is 76.6 Å². The summed E-state index contributed by atoms with van der Waals surface area (Å²) in [6.07, 6.45) is 1.91. The van der Waals surface area contributed by atoms with Crippen molar-refractivity contribution in [1.82, 2.24) is 10.2 Å². The summed E-state index contributed by atoms with van der Waals surface area (Å²) in [7, 11) is 0. The fourth-order valence-corrected chi connectivity index (χ4v) is 6.44. The number of aromatic nitrogens is 2. The van der Waals surface area contributed by atoms with Gasteiger partial charge in [-0.3, -0.25) is 14.5 Å². The lowest BCUT2D eigenvalue weighted by molar-refractivity contribution is -0.132. The van der Waals surface area contributed by atoms with Gasteiger partial charge in [0.2, 0.25) is 5.13 Å². The molecule has 7 nitrogen and oxygen atoms in total. The highest BCUT2D eigenvalue weighted by Crippen LogP contribution is 2.45. The number of benzene rings is 3. The van der Waals surface area contributed by atoms with Gasteiger partial charge < -0.3 is 9.84 Å². The van der Waals surface area contributed by atoms with Gasteiger partial charge in [-0.05, 0) is 66.1 Å². The molecule has 4 aromatic rings. The molecule has 1 aliphatic rings. The molecule has 12 heteroatoms. The van der Waals surface area contributed by atoms with Crippen molar-refractivity contribution in [1.29, 1.82) is 0 Å². The van der Waals surface area contributed by atoms with Crippen LogP contribution < -0.4 is 9.64 Å². The minimum Gasteiger partial charge on any atom is -0.507 e. The lowest BCUT2D eigenvalue weighted by Gasteiger charge is -2.23. The third-order valence-corrected chi connectivity index (χ3v) is 9.34. The Bertz CT molecular complexity index is 1650. The molecule has 1 aromatic heterocycles. The average molecular weight is 645 g/mol. The zero-order valence-electron chi connectivity index (χ0n) is 22.2. The van der Waals surface area contributed by atoms with E-state index in [4.69, 9.17) is 27.9 Å². The first-order valence-electron chi connectivity index (χ1n) is 13.0. The van der Waals surface area contributed by atoms with E-state index in [0.717, 1.165) is 29.7 Å². The fourth-order valence-electron chi connectivity index (χ4n) is 4.31. The summed E-state index contributed by atoms with van der Waals surface area (Å²) < 4.78 is 19.5. The molecule has 1 fully saturated rings. The minimum absolute atomic E-state index is 0.117. The van der Waals surface area contributed by atoms with Gasteiger partial charge in [0, 0.05) is 11.3 Å². The monoisotopic (exact) mass is 643 g/mol. The largest absolute Gasteiger partial charge is 0.507 e. The molecule has 216 valence electrons. The summed E-state index contributed by atoms with van der Waals surface area (Å²) in [5.41, 5.74) is 1.57. The van der Waals surface area contributed by atoms with Crippen LogP contribution in [0.5, 0.6) is 5.75 Å². The maximum Gasteiger partial charge on any atom is 0.301 e. The van der Waals surface area contributed by atoms with Crippen LogP contribution in [0.4, 0.5) is 9.52 Å². The molecule has 1 amide bonds. The molecular formula is C30H24Cl2FN3O4S2. The van der Waals surface area contributed by atoms with E-state index in [1.165, 1.54) is 28.8 Å². The van der Waals surface area contributed by atoms with Gasteiger partial charge in [0.25, 0.3) is 5.78 Å². The maximum absolute atomic E-state index is 13.5. The Morgan fingerprint density at radius 3 is 2.48 bits per heavy atom. The highest BCUT2D eigenvalue weighted by Gasteiger charge is 2.48. The highest BCUT2D eigenvalue weighted by atomic mass is 35.5. The second kappa shape index (κ2) is 13.2. The number of Topliss-reactive ketones (excluding diaryl/α,β-unsaturated/α-hetero) is 1. The molecule has 1 N–H and O–H groups in total. The zero-order chi connectivity index (χ0) is 29.8. The number of carbonyl (C=O) groups excluding carboxylic acids is 2. The number of nitrogens with zero attached hydrogens (tertiary/aromatic N) is 3. The first kappa shape index (κ1) is 30.0. The van der Waals surface area contributed by atoms with Gasteiger partial charge in [-0.15, -0.1) is 10.2 Å². The Balaban J connectivity index is 1.50. The van der Waals surface area contributed by atoms with Crippen molar-refractivity contribution >= 4 is 68.9 Å². The second-order valence-corrected chi connectivity index (χ2v) is 12.3. The Morgan fingerprint density at radius 1 is 1.05 bits per heavy atom. The third-order valence-electron chi connectivity index (χ3n) is 6.48. The number of ketones is 1. The van der Waals surface area contributed by atoms with E-state index in [2.05, 4.69) is 17.1 Å². The summed E-state index contributed by atoms with van der Waals surface area (Å²) in [4.78, 5) is 28.1. The molecule has 1 unspecified atom stereocenters. The van der Waals surface area contributed by atoms with Crippen LogP contribution in [0.3, 0.4) is 0 Å². The van der Waals surface area contributed by atoms with Crippen molar-refractivity contribution in [3.8, 4) is 5.75 Å². The molecule has 0 radical (unpaired) electrons. The van der Waals surface area contributed by atoms with Crippen LogP contribution in [-0.2, 0) is 15.3 Å². The molecule has 0 saturated carbocycles. The first-order chi connectivity index (χ1) is 20.3. The Morgan fingerprint density at radius 2 is 1.79 bits per heavy atom.